The van der Waals surface area contributed by atoms with Gasteiger partial charge in [0.1, 0.15) is 0 Å². The van der Waals surface area contributed by atoms with E-state index in [1.54, 1.807) is 0 Å². The van der Waals surface area contributed by atoms with Gasteiger partial charge in [0.05, 0.1) is 18.2 Å². The topological polar surface area (TPSA) is 61.4 Å². The average Bonchev–Trinajstić information content (AvgIpc) is 2.41. The summed E-state index contributed by atoms with van der Waals surface area (Å²) in [5.74, 6) is 0. The van der Waals surface area contributed by atoms with E-state index in [0.29, 0.717) is 0 Å². The molecule has 1 aliphatic carbocycles. The first-order valence-corrected chi connectivity index (χ1v) is 7.86. The third-order valence-corrected chi connectivity index (χ3v) is 4.49. The summed E-state index contributed by atoms with van der Waals surface area (Å²) in [6.45, 7) is 1.94. The monoisotopic (exact) mass is 340 g/mol. The predicted octanol–water partition coefficient (Wildman–Crippen LogP) is 3.11. The van der Waals surface area contributed by atoms with Crippen molar-refractivity contribution in [2.75, 3.05) is 0 Å². The van der Waals surface area contributed by atoms with E-state index in [9.17, 15) is 9.90 Å². The molecule has 1 saturated carbocycles. The van der Waals surface area contributed by atoms with E-state index in [1.807, 2.05) is 31.2 Å². The highest BCUT2D eigenvalue weighted by molar-refractivity contribution is 9.10. The van der Waals surface area contributed by atoms with Crippen molar-refractivity contribution in [3.05, 3.63) is 34.3 Å². The molecule has 110 valence electrons. The molecule has 4 nitrogen and oxygen atoms in total. The molecule has 1 aliphatic rings. The Kier molecular flexibility index (Phi) is 5.43. The van der Waals surface area contributed by atoms with Gasteiger partial charge in [0.15, 0.2) is 0 Å². The van der Waals surface area contributed by atoms with Crippen molar-refractivity contribution >= 4 is 22.0 Å². The fourth-order valence-electron chi connectivity index (χ4n) is 2.59. The molecule has 0 aliphatic heterocycles. The summed E-state index contributed by atoms with van der Waals surface area (Å²) < 4.78 is 0.977. The summed E-state index contributed by atoms with van der Waals surface area (Å²) in [4.78, 5) is 12.0. The Morgan fingerprint density at radius 3 is 2.75 bits per heavy atom. The number of nitrogens with one attached hydrogen (secondary N) is 2. The van der Waals surface area contributed by atoms with Crippen LogP contribution in [-0.2, 0) is 0 Å². The van der Waals surface area contributed by atoms with Crippen LogP contribution in [0.25, 0.3) is 0 Å². The Balaban J connectivity index is 1.89. The molecule has 2 amide bonds. The third kappa shape index (κ3) is 3.96. The summed E-state index contributed by atoms with van der Waals surface area (Å²) >= 11 is 3.48. The van der Waals surface area contributed by atoms with Crippen molar-refractivity contribution in [3.8, 4) is 0 Å². The SMILES string of the molecule is CC(NC(=O)NC1CCCCC1O)c1ccccc1Br. The van der Waals surface area contributed by atoms with Gasteiger partial charge in [-0.05, 0) is 31.4 Å². The summed E-state index contributed by atoms with van der Waals surface area (Å²) in [5.41, 5.74) is 1.03. The molecule has 2 rings (SSSR count). The van der Waals surface area contributed by atoms with Gasteiger partial charge in [0, 0.05) is 4.47 Å². The summed E-state index contributed by atoms with van der Waals surface area (Å²) in [6, 6.07) is 7.38. The van der Waals surface area contributed by atoms with Crippen molar-refractivity contribution in [1.82, 2.24) is 10.6 Å². The van der Waals surface area contributed by atoms with Crippen LogP contribution in [0.4, 0.5) is 4.79 Å². The lowest BCUT2D eigenvalue weighted by Gasteiger charge is -2.29. The summed E-state index contributed by atoms with van der Waals surface area (Å²) in [5, 5.41) is 15.7. The number of aliphatic hydroxyl groups is 1. The highest BCUT2D eigenvalue weighted by atomic mass is 79.9. The molecule has 3 unspecified atom stereocenters. The van der Waals surface area contributed by atoms with Gasteiger partial charge >= 0.3 is 6.03 Å². The van der Waals surface area contributed by atoms with Crippen molar-refractivity contribution in [3.63, 3.8) is 0 Å². The highest BCUT2D eigenvalue weighted by Gasteiger charge is 2.25. The Hall–Kier alpha value is -1.07. The van der Waals surface area contributed by atoms with Gasteiger partial charge < -0.3 is 15.7 Å². The Labute approximate surface area is 128 Å². The minimum absolute atomic E-state index is 0.0914. The van der Waals surface area contributed by atoms with Crippen LogP contribution in [-0.4, -0.2) is 23.3 Å². The second-order valence-corrected chi connectivity index (χ2v) is 6.17. The molecule has 0 spiro atoms. The molecule has 3 atom stereocenters. The fraction of sp³-hybridized carbons (Fsp3) is 0.533. The van der Waals surface area contributed by atoms with Crippen LogP contribution in [0, 0.1) is 0 Å². The Morgan fingerprint density at radius 1 is 1.35 bits per heavy atom. The second-order valence-electron chi connectivity index (χ2n) is 5.32. The number of carbonyl (C=O) groups excluding carboxylic acids is 1. The van der Waals surface area contributed by atoms with Crippen LogP contribution >= 0.6 is 15.9 Å². The molecule has 0 aromatic heterocycles. The lowest BCUT2D eigenvalue weighted by Crippen LogP contribution is -2.49. The number of carbonyl (C=O) groups is 1. The largest absolute Gasteiger partial charge is 0.391 e. The van der Waals surface area contributed by atoms with Crippen molar-refractivity contribution < 1.29 is 9.90 Å². The highest BCUT2D eigenvalue weighted by Crippen LogP contribution is 2.23. The lowest BCUT2D eigenvalue weighted by atomic mass is 9.93. The molecule has 0 bridgehead atoms. The van der Waals surface area contributed by atoms with Gasteiger partial charge in [-0.25, -0.2) is 4.79 Å². The van der Waals surface area contributed by atoms with Crippen LogP contribution in [0.15, 0.2) is 28.7 Å². The van der Waals surface area contributed by atoms with Crippen LogP contribution in [0.3, 0.4) is 0 Å². The zero-order chi connectivity index (χ0) is 14.5. The molecule has 3 N–H and O–H groups in total. The van der Waals surface area contributed by atoms with Crippen LogP contribution in [0.1, 0.15) is 44.2 Å². The number of rotatable bonds is 3. The zero-order valence-corrected chi connectivity index (χ0v) is 13.2. The zero-order valence-electron chi connectivity index (χ0n) is 11.6. The van der Waals surface area contributed by atoms with Crippen LogP contribution < -0.4 is 10.6 Å². The van der Waals surface area contributed by atoms with E-state index in [1.165, 1.54) is 0 Å². The first kappa shape index (κ1) is 15.3. The molecule has 0 heterocycles. The maximum absolute atomic E-state index is 12.0. The molecule has 1 fully saturated rings. The van der Waals surface area contributed by atoms with Gasteiger partial charge in [-0.15, -0.1) is 0 Å². The molecule has 0 radical (unpaired) electrons. The van der Waals surface area contributed by atoms with E-state index in [-0.39, 0.29) is 18.1 Å². The Bertz CT molecular complexity index is 467. The quantitative estimate of drug-likeness (QED) is 0.791. The lowest BCUT2D eigenvalue weighted by molar-refractivity contribution is 0.0941. The van der Waals surface area contributed by atoms with Crippen LogP contribution in [0.2, 0.25) is 0 Å². The van der Waals surface area contributed by atoms with Crippen molar-refractivity contribution in [2.24, 2.45) is 0 Å². The molecule has 5 heteroatoms. The molecular formula is C15H21BrN2O2. The smallest absolute Gasteiger partial charge is 0.315 e. The van der Waals surface area contributed by atoms with E-state index in [0.717, 1.165) is 35.7 Å². The van der Waals surface area contributed by atoms with Crippen molar-refractivity contribution in [2.45, 2.75) is 50.8 Å². The number of benzene rings is 1. The van der Waals surface area contributed by atoms with Gasteiger partial charge in [-0.1, -0.05) is 47.0 Å². The summed E-state index contributed by atoms with van der Waals surface area (Å²) in [7, 11) is 0. The van der Waals surface area contributed by atoms with Crippen molar-refractivity contribution in [1.29, 1.82) is 0 Å². The number of halogens is 1. The maximum Gasteiger partial charge on any atom is 0.315 e. The van der Waals surface area contributed by atoms with E-state index in [2.05, 4.69) is 26.6 Å². The minimum Gasteiger partial charge on any atom is -0.391 e. The number of hydrogen-bond donors (Lipinski definition) is 3. The number of urea groups is 1. The molecule has 1 aromatic rings. The maximum atomic E-state index is 12.0. The fourth-order valence-corrected chi connectivity index (χ4v) is 3.22. The second kappa shape index (κ2) is 7.09. The molecule has 20 heavy (non-hydrogen) atoms. The normalized spacial score (nSPS) is 23.9. The van der Waals surface area contributed by atoms with E-state index < -0.39 is 6.10 Å². The first-order valence-electron chi connectivity index (χ1n) is 7.07. The average molecular weight is 341 g/mol. The van der Waals surface area contributed by atoms with Gasteiger partial charge in [-0.3, -0.25) is 0 Å². The standard InChI is InChI=1S/C15H21BrN2O2/c1-10(11-6-2-3-7-12(11)16)17-15(20)18-13-8-4-5-9-14(13)19/h2-3,6-7,10,13-14,19H,4-5,8-9H2,1H3,(H2,17,18,20). The molecular weight excluding hydrogens is 320 g/mol. The van der Waals surface area contributed by atoms with Gasteiger partial charge in [0.25, 0.3) is 0 Å². The number of hydrogen-bond acceptors (Lipinski definition) is 2. The predicted molar refractivity (Wildman–Crippen MR) is 82.5 cm³/mol. The van der Waals surface area contributed by atoms with Gasteiger partial charge in [-0.2, -0.15) is 0 Å². The molecule has 1 aromatic carbocycles. The third-order valence-electron chi connectivity index (χ3n) is 3.77. The van der Waals surface area contributed by atoms with Gasteiger partial charge in [0.2, 0.25) is 0 Å². The first-order chi connectivity index (χ1) is 9.58. The van der Waals surface area contributed by atoms with Crippen LogP contribution in [0.5, 0.6) is 0 Å². The van der Waals surface area contributed by atoms with E-state index in [4.69, 9.17) is 0 Å². The number of aliphatic hydroxyl groups excluding tert-OH is 1. The Morgan fingerprint density at radius 2 is 2.05 bits per heavy atom. The summed E-state index contributed by atoms with van der Waals surface area (Å²) in [6.07, 6.45) is 3.28. The van der Waals surface area contributed by atoms with E-state index >= 15 is 0 Å². The molecule has 0 saturated heterocycles. The number of amides is 2. The minimum atomic E-state index is -0.423.